The van der Waals surface area contributed by atoms with E-state index < -0.39 is 17.9 Å². The monoisotopic (exact) mass is 253 g/mol. The van der Waals surface area contributed by atoms with Crippen molar-refractivity contribution in [3.8, 4) is 0 Å². The first-order valence-electron chi connectivity index (χ1n) is 5.13. The minimum Gasteiger partial charge on any atom is -0.374 e. The van der Waals surface area contributed by atoms with Crippen molar-refractivity contribution in [2.45, 2.75) is 6.43 Å². The van der Waals surface area contributed by atoms with Crippen molar-refractivity contribution in [2.75, 3.05) is 11.9 Å². The molecule has 0 saturated heterocycles. The summed E-state index contributed by atoms with van der Waals surface area (Å²) in [6.07, 6.45) is -1.06. The lowest BCUT2D eigenvalue weighted by Crippen LogP contribution is -2.11. The van der Waals surface area contributed by atoms with Crippen molar-refractivity contribution >= 4 is 22.3 Å². The number of hydrogen-bond donors (Lipinski definition) is 1. The Labute approximate surface area is 101 Å². The lowest BCUT2D eigenvalue weighted by Gasteiger charge is -2.08. The largest absolute Gasteiger partial charge is 0.374 e. The molecular weight excluding hydrogens is 244 g/mol. The van der Waals surface area contributed by atoms with Gasteiger partial charge in [0.25, 0.3) is 6.43 Å². The summed E-state index contributed by atoms with van der Waals surface area (Å²) in [5, 5.41) is 13.7. The second-order valence-electron chi connectivity index (χ2n) is 3.56. The van der Waals surface area contributed by atoms with E-state index in [1.807, 2.05) is 0 Å². The lowest BCUT2D eigenvalue weighted by atomic mass is 10.1. The number of hydrogen-bond acceptors (Lipinski definition) is 4. The Hall–Kier alpha value is -2.31. The van der Waals surface area contributed by atoms with Crippen LogP contribution >= 0.6 is 0 Å². The Morgan fingerprint density at radius 2 is 2.17 bits per heavy atom. The van der Waals surface area contributed by atoms with Crippen LogP contribution in [0, 0.1) is 10.1 Å². The minimum atomic E-state index is -2.57. The summed E-state index contributed by atoms with van der Waals surface area (Å²) in [6, 6.07) is 6.03. The lowest BCUT2D eigenvalue weighted by molar-refractivity contribution is -0.382. The van der Waals surface area contributed by atoms with Gasteiger partial charge in [-0.1, -0.05) is 0 Å². The van der Waals surface area contributed by atoms with Gasteiger partial charge in [0.2, 0.25) is 0 Å². The average Bonchev–Trinajstić information content (AvgIpc) is 2.35. The number of nitrogens with one attached hydrogen (secondary N) is 1. The van der Waals surface area contributed by atoms with Crippen LogP contribution in [0.2, 0.25) is 0 Å². The van der Waals surface area contributed by atoms with Crippen molar-refractivity contribution < 1.29 is 13.7 Å². The van der Waals surface area contributed by atoms with Crippen molar-refractivity contribution in [2.24, 2.45) is 0 Å². The second kappa shape index (κ2) is 4.91. The summed E-state index contributed by atoms with van der Waals surface area (Å²) in [4.78, 5) is 14.4. The van der Waals surface area contributed by atoms with E-state index in [2.05, 4.69) is 10.3 Å². The molecule has 2 aromatic rings. The number of aromatic nitrogens is 1. The highest BCUT2D eigenvalue weighted by Gasteiger charge is 2.19. The van der Waals surface area contributed by atoms with Gasteiger partial charge in [0, 0.05) is 6.20 Å². The number of nitrogens with zero attached hydrogens (tertiary/aromatic N) is 2. The molecule has 0 fully saturated rings. The van der Waals surface area contributed by atoms with Crippen LogP contribution in [0.1, 0.15) is 0 Å². The van der Waals surface area contributed by atoms with E-state index in [4.69, 9.17) is 0 Å². The third-order valence-corrected chi connectivity index (χ3v) is 2.39. The molecular formula is C11H9F2N3O2. The van der Waals surface area contributed by atoms with E-state index in [0.29, 0.717) is 10.9 Å². The molecule has 0 aliphatic carbocycles. The van der Waals surface area contributed by atoms with E-state index in [1.54, 1.807) is 12.1 Å². The average molecular weight is 253 g/mol. The van der Waals surface area contributed by atoms with E-state index in [0.717, 1.165) is 0 Å². The highest BCUT2D eigenvalue weighted by Crippen LogP contribution is 2.32. The number of halogens is 2. The Morgan fingerprint density at radius 1 is 1.39 bits per heavy atom. The maximum atomic E-state index is 12.1. The smallest absolute Gasteiger partial charge is 0.301 e. The molecule has 1 aromatic heterocycles. The zero-order valence-electron chi connectivity index (χ0n) is 9.14. The zero-order valence-corrected chi connectivity index (χ0v) is 9.14. The molecule has 94 valence electrons. The topological polar surface area (TPSA) is 68.1 Å². The summed E-state index contributed by atoms with van der Waals surface area (Å²) in [5.74, 6) is 0. The predicted octanol–water partition coefficient (Wildman–Crippen LogP) is 2.82. The molecule has 1 N–H and O–H groups in total. The predicted molar refractivity (Wildman–Crippen MR) is 62.9 cm³/mol. The zero-order chi connectivity index (χ0) is 13.1. The molecule has 0 bridgehead atoms. The van der Waals surface area contributed by atoms with Crippen LogP contribution in [-0.2, 0) is 0 Å². The number of benzene rings is 1. The minimum absolute atomic E-state index is 0.0702. The highest BCUT2D eigenvalue weighted by atomic mass is 19.3. The summed E-state index contributed by atoms with van der Waals surface area (Å²) < 4.78 is 24.2. The van der Waals surface area contributed by atoms with E-state index in [-0.39, 0.29) is 11.4 Å². The SMILES string of the molecule is O=[N+]([O-])c1c(NCC(F)F)ccc2ncccc12. The van der Waals surface area contributed by atoms with Gasteiger partial charge < -0.3 is 5.32 Å². The summed E-state index contributed by atoms with van der Waals surface area (Å²) in [7, 11) is 0. The van der Waals surface area contributed by atoms with E-state index in [9.17, 15) is 18.9 Å². The summed E-state index contributed by atoms with van der Waals surface area (Å²) >= 11 is 0. The van der Waals surface area contributed by atoms with Crippen molar-refractivity contribution in [3.05, 3.63) is 40.6 Å². The third kappa shape index (κ3) is 2.34. The molecule has 0 radical (unpaired) electrons. The molecule has 1 aromatic carbocycles. The Bertz CT molecular complexity index is 590. The molecule has 0 aliphatic rings. The van der Waals surface area contributed by atoms with Crippen LogP contribution in [0.5, 0.6) is 0 Å². The Morgan fingerprint density at radius 3 is 2.83 bits per heavy atom. The molecule has 1 heterocycles. The number of rotatable bonds is 4. The van der Waals surface area contributed by atoms with Crippen LogP contribution in [0.15, 0.2) is 30.5 Å². The molecule has 18 heavy (non-hydrogen) atoms. The maximum Gasteiger partial charge on any atom is 0.301 e. The van der Waals surface area contributed by atoms with Gasteiger partial charge in [-0.15, -0.1) is 0 Å². The Balaban J connectivity index is 2.52. The number of anilines is 1. The van der Waals surface area contributed by atoms with Crippen LogP contribution in [0.4, 0.5) is 20.2 Å². The van der Waals surface area contributed by atoms with Gasteiger partial charge in [0.15, 0.2) is 0 Å². The quantitative estimate of drug-likeness (QED) is 0.672. The van der Waals surface area contributed by atoms with Crippen molar-refractivity contribution in [1.29, 1.82) is 0 Å². The van der Waals surface area contributed by atoms with Gasteiger partial charge in [-0.2, -0.15) is 0 Å². The van der Waals surface area contributed by atoms with Gasteiger partial charge in [0.05, 0.1) is 22.4 Å². The standard InChI is InChI=1S/C11H9F2N3O2/c12-10(13)6-15-9-4-3-8-7(2-1-5-14-8)11(9)16(17)18/h1-5,10,15H,6H2. The van der Waals surface area contributed by atoms with Crippen molar-refractivity contribution in [3.63, 3.8) is 0 Å². The first-order chi connectivity index (χ1) is 8.59. The number of pyridine rings is 1. The molecule has 0 atom stereocenters. The molecule has 7 heteroatoms. The van der Waals surface area contributed by atoms with Crippen LogP contribution < -0.4 is 5.32 Å². The van der Waals surface area contributed by atoms with E-state index in [1.165, 1.54) is 18.3 Å². The normalized spacial score (nSPS) is 10.8. The van der Waals surface area contributed by atoms with Gasteiger partial charge in [-0.05, 0) is 24.3 Å². The second-order valence-corrected chi connectivity index (χ2v) is 3.56. The fourth-order valence-electron chi connectivity index (χ4n) is 1.66. The van der Waals surface area contributed by atoms with Crippen molar-refractivity contribution in [1.82, 2.24) is 4.98 Å². The number of alkyl halides is 2. The first kappa shape index (κ1) is 12.2. The molecule has 0 amide bonds. The van der Waals surface area contributed by atoms with Crippen LogP contribution in [0.25, 0.3) is 10.9 Å². The molecule has 0 spiro atoms. The first-order valence-corrected chi connectivity index (χ1v) is 5.13. The maximum absolute atomic E-state index is 12.1. The van der Waals surface area contributed by atoms with Gasteiger partial charge >= 0.3 is 5.69 Å². The number of fused-ring (bicyclic) bond motifs is 1. The fraction of sp³-hybridized carbons (Fsp3) is 0.182. The number of nitro groups is 1. The summed E-state index contributed by atoms with van der Waals surface area (Å²) in [6.45, 7) is -0.632. The van der Waals surface area contributed by atoms with Gasteiger partial charge in [-0.3, -0.25) is 15.1 Å². The molecule has 0 unspecified atom stereocenters. The molecule has 0 saturated carbocycles. The number of nitro benzene ring substituents is 1. The molecule has 2 rings (SSSR count). The van der Waals surface area contributed by atoms with Crippen LogP contribution in [-0.4, -0.2) is 22.9 Å². The Kier molecular flexibility index (Phi) is 3.31. The van der Waals surface area contributed by atoms with Gasteiger partial charge in [0.1, 0.15) is 5.69 Å². The van der Waals surface area contributed by atoms with E-state index >= 15 is 0 Å². The third-order valence-electron chi connectivity index (χ3n) is 2.39. The van der Waals surface area contributed by atoms with Crippen LogP contribution in [0.3, 0.4) is 0 Å². The fourth-order valence-corrected chi connectivity index (χ4v) is 1.66. The summed E-state index contributed by atoms with van der Waals surface area (Å²) in [5.41, 5.74) is 0.286. The molecule has 5 nitrogen and oxygen atoms in total. The van der Waals surface area contributed by atoms with Gasteiger partial charge in [-0.25, -0.2) is 8.78 Å². The molecule has 0 aliphatic heterocycles. The highest BCUT2D eigenvalue weighted by molar-refractivity contribution is 5.94.